The zero-order valence-corrected chi connectivity index (χ0v) is 37.0. The van der Waals surface area contributed by atoms with Crippen LogP contribution in [0.3, 0.4) is 0 Å². The van der Waals surface area contributed by atoms with Crippen LogP contribution in [0.15, 0.2) is 30.3 Å². The Morgan fingerprint density at radius 3 is 2.07 bits per heavy atom. The molecule has 0 spiro atoms. The topological polar surface area (TPSA) is 158 Å². The Morgan fingerprint density at radius 2 is 1.54 bits per heavy atom. The highest BCUT2D eigenvalue weighted by Crippen LogP contribution is 2.30. The Labute approximate surface area is 343 Å². The molecule has 4 amide bonds. The van der Waals surface area contributed by atoms with Gasteiger partial charge in [-0.3, -0.25) is 24.1 Å². The first-order chi connectivity index (χ1) is 26.9. The molecule has 3 N–H and O–H groups in total. The minimum atomic E-state index is -1.14. The number of carboxylic acid groups (broad SMARTS) is 1. The summed E-state index contributed by atoms with van der Waals surface area (Å²) in [6.45, 7) is 17.1. The van der Waals surface area contributed by atoms with E-state index >= 15 is 0 Å². The molecule has 324 valence electrons. The lowest BCUT2D eigenvalue weighted by Gasteiger charge is -2.41. The van der Waals surface area contributed by atoms with Gasteiger partial charge in [-0.2, -0.15) is 0 Å². The second-order valence-electron chi connectivity index (χ2n) is 16.8. The smallest absolute Gasteiger partial charge is 0.326 e. The summed E-state index contributed by atoms with van der Waals surface area (Å²) in [5.41, 5.74) is 0.787. The lowest BCUT2D eigenvalue weighted by Crippen LogP contribution is -2.60. The van der Waals surface area contributed by atoms with Crippen LogP contribution in [0.25, 0.3) is 0 Å². The van der Waals surface area contributed by atoms with Gasteiger partial charge in [0.25, 0.3) is 0 Å². The third-order valence-electron chi connectivity index (χ3n) is 11.9. The highest BCUT2D eigenvalue weighted by Gasteiger charge is 2.43. The van der Waals surface area contributed by atoms with Gasteiger partial charge in [0.15, 0.2) is 0 Å². The van der Waals surface area contributed by atoms with Crippen molar-refractivity contribution in [3.05, 3.63) is 35.9 Å². The summed E-state index contributed by atoms with van der Waals surface area (Å²) in [5, 5.41) is 15.7. The van der Waals surface area contributed by atoms with Gasteiger partial charge in [0.1, 0.15) is 12.1 Å². The number of hydrogen-bond acceptors (Lipinski definition) is 8. The van der Waals surface area contributed by atoms with Crippen LogP contribution >= 0.6 is 0 Å². The zero-order chi connectivity index (χ0) is 43.0. The number of likely N-dealkylation sites (N-methyl/N-ethyl adjacent to an activating group) is 2. The van der Waals surface area contributed by atoms with Crippen LogP contribution in [0.4, 0.5) is 0 Å². The van der Waals surface area contributed by atoms with E-state index in [0.29, 0.717) is 19.4 Å². The second-order valence-corrected chi connectivity index (χ2v) is 16.8. The molecule has 0 aliphatic carbocycles. The molecule has 0 saturated carbocycles. The molecule has 13 nitrogen and oxygen atoms in total. The number of nitrogens with one attached hydrogen (secondary N) is 2. The third kappa shape index (κ3) is 14.1. The summed E-state index contributed by atoms with van der Waals surface area (Å²) in [7, 11) is 6.75. The van der Waals surface area contributed by atoms with Gasteiger partial charge >= 0.3 is 5.97 Å². The first kappa shape index (κ1) is 49.6. The molecule has 1 aromatic rings. The number of unbranched alkanes of at least 4 members (excludes halogenated alkanes) is 2. The largest absolute Gasteiger partial charge is 0.480 e. The molecule has 0 radical (unpaired) electrons. The number of benzene rings is 1. The molecule has 1 aliphatic heterocycles. The molecule has 0 aromatic heterocycles. The maximum absolute atomic E-state index is 14.4. The molecule has 13 heteroatoms. The molecule has 2 rings (SSSR count). The maximum atomic E-state index is 14.4. The molecule has 1 saturated heterocycles. The SMILES string of the molecule is CCCCCN(C)[C@H](C(=O)N[C@H](C(=O)N(C)[C@@H]([C@@H](C)CC)[C@@H](CC(=O)N1CCC[C@H]1[C@H](OC)[C@@H](C)C(=O)NC(Cc1ccccc1)C(=O)O)OC)C(C)C)C(C)C. The van der Waals surface area contributed by atoms with E-state index in [1.54, 1.807) is 30.9 Å². The van der Waals surface area contributed by atoms with Crippen molar-refractivity contribution in [1.82, 2.24) is 25.3 Å². The number of rotatable bonds is 25. The zero-order valence-electron chi connectivity index (χ0n) is 37.0. The van der Waals surface area contributed by atoms with Gasteiger partial charge in [-0.05, 0) is 56.2 Å². The number of carbonyl (C=O) groups is 5. The minimum Gasteiger partial charge on any atom is -0.480 e. The Hall–Kier alpha value is -3.55. The van der Waals surface area contributed by atoms with Crippen LogP contribution in [0.5, 0.6) is 0 Å². The average Bonchev–Trinajstić information content (AvgIpc) is 3.66. The fourth-order valence-electron chi connectivity index (χ4n) is 8.39. The van der Waals surface area contributed by atoms with Crippen molar-refractivity contribution in [2.75, 3.05) is 41.4 Å². The van der Waals surface area contributed by atoms with Crippen LogP contribution < -0.4 is 10.6 Å². The summed E-state index contributed by atoms with van der Waals surface area (Å²) in [6.07, 6.45) is 3.99. The van der Waals surface area contributed by atoms with Crippen LogP contribution in [0.1, 0.15) is 106 Å². The first-order valence-electron chi connectivity index (χ1n) is 21.1. The predicted octanol–water partition coefficient (Wildman–Crippen LogP) is 5.01. The molecule has 1 heterocycles. The molecule has 1 aliphatic rings. The standard InChI is InChI=1S/C44H75N5O8/c1-13-15-19-24-47(9)38(29(5)6)42(52)46-37(28(3)4)43(53)48(10)39(30(7)14-2)35(56-11)27-36(50)49-25-20-23-34(49)40(57-12)31(8)41(51)45-33(44(54)55)26-32-21-17-16-18-22-32/h16-18,21-22,28-31,33-35,37-40H,13-15,19-20,23-27H2,1-12H3,(H,45,51)(H,46,52)(H,54,55)/t30-,31+,33?,34-,35+,37-,38-,39-,40+/m0/s1. The molecule has 0 bridgehead atoms. The van der Waals surface area contributed by atoms with E-state index < -0.39 is 54.2 Å². The lowest BCUT2D eigenvalue weighted by atomic mass is 9.89. The van der Waals surface area contributed by atoms with Gasteiger partial charge in [-0.1, -0.05) is 105 Å². The Bertz CT molecular complexity index is 1410. The van der Waals surface area contributed by atoms with E-state index in [9.17, 15) is 29.1 Å². The third-order valence-corrected chi connectivity index (χ3v) is 11.9. The molecule has 1 unspecified atom stereocenters. The van der Waals surface area contributed by atoms with E-state index in [4.69, 9.17) is 9.47 Å². The van der Waals surface area contributed by atoms with Crippen molar-refractivity contribution in [1.29, 1.82) is 0 Å². The van der Waals surface area contributed by atoms with Crippen molar-refractivity contribution in [3.63, 3.8) is 0 Å². The van der Waals surface area contributed by atoms with E-state index in [1.165, 1.54) is 7.11 Å². The van der Waals surface area contributed by atoms with E-state index in [2.05, 4.69) is 22.5 Å². The number of nitrogens with zero attached hydrogens (tertiary/aromatic N) is 3. The molecule has 57 heavy (non-hydrogen) atoms. The summed E-state index contributed by atoms with van der Waals surface area (Å²) in [4.78, 5) is 73.6. The van der Waals surface area contributed by atoms with Gasteiger partial charge in [-0.25, -0.2) is 4.79 Å². The minimum absolute atomic E-state index is 0.00845. The predicted molar refractivity (Wildman–Crippen MR) is 223 cm³/mol. The van der Waals surface area contributed by atoms with Crippen LogP contribution in [0, 0.1) is 23.7 Å². The van der Waals surface area contributed by atoms with Crippen molar-refractivity contribution in [2.24, 2.45) is 23.7 Å². The molecular formula is C44H75N5O8. The number of aliphatic carboxylic acids is 1. The molecule has 1 aromatic carbocycles. The molecule has 9 atom stereocenters. The number of likely N-dealkylation sites (tertiary alicyclic amines) is 1. The summed E-state index contributed by atoms with van der Waals surface area (Å²) < 4.78 is 11.9. The van der Waals surface area contributed by atoms with Crippen molar-refractivity contribution >= 4 is 29.6 Å². The quantitative estimate of drug-likeness (QED) is 0.116. The lowest BCUT2D eigenvalue weighted by molar-refractivity contribution is -0.148. The van der Waals surface area contributed by atoms with Gasteiger partial charge in [0.05, 0.1) is 42.7 Å². The Balaban J connectivity index is 2.27. The van der Waals surface area contributed by atoms with Crippen molar-refractivity contribution < 1.29 is 38.6 Å². The van der Waals surface area contributed by atoms with Gasteiger partial charge in [-0.15, -0.1) is 0 Å². The van der Waals surface area contributed by atoms with Crippen LogP contribution in [-0.4, -0.2) is 133 Å². The van der Waals surface area contributed by atoms with Gasteiger partial charge in [0, 0.05) is 34.2 Å². The van der Waals surface area contributed by atoms with E-state index in [-0.39, 0.29) is 54.4 Å². The fourth-order valence-corrected chi connectivity index (χ4v) is 8.39. The Kier molecular flexibility index (Phi) is 21.2. The number of amides is 4. The van der Waals surface area contributed by atoms with E-state index in [0.717, 1.165) is 37.8 Å². The first-order valence-corrected chi connectivity index (χ1v) is 21.1. The van der Waals surface area contributed by atoms with Gasteiger partial charge < -0.3 is 35.0 Å². The van der Waals surface area contributed by atoms with E-state index in [1.807, 2.05) is 78.9 Å². The maximum Gasteiger partial charge on any atom is 0.326 e. The second kappa shape index (κ2) is 24.4. The van der Waals surface area contributed by atoms with Crippen molar-refractivity contribution in [2.45, 2.75) is 149 Å². The number of ether oxygens (including phenoxy) is 2. The van der Waals surface area contributed by atoms with Crippen LogP contribution in [-0.2, 0) is 39.9 Å². The highest BCUT2D eigenvalue weighted by molar-refractivity contribution is 5.90. The van der Waals surface area contributed by atoms with Crippen molar-refractivity contribution in [3.8, 4) is 0 Å². The van der Waals surface area contributed by atoms with Crippen LogP contribution in [0.2, 0.25) is 0 Å². The highest BCUT2D eigenvalue weighted by atomic mass is 16.5. The number of hydrogen-bond donors (Lipinski definition) is 3. The number of methoxy groups -OCH3 is 2. The summed E-state index contributed by atoms with van der Waals surface area (Å²) >= 11 is 0. The fraction of sp³-hybridized carbons (Fsp3) is 0.750. The normalized spacial score (nSPS) is 18.7. The average molecular weight is 802 g/mol. The number of carbonyl (C=O) groups excluding carboxylic acids is 4. The monoisotopic (exact) mass is 802 g/mol. The Morgan fingerprint density at radius 1 is 0.895 bits per heavy atom. The summed E-state index contributed by atoms with van der Waals surface area (Å²) in [6, 6.07) is 5.92. The molecule has 1 fully saturated rings. The van der Waals surface area contributed by atoms with Gasteiger partial charge in [0.2, 0.25) is 23.6 Å². The number of carboxylic acids is 1. The summed E-state index contributed by atoms with van der Waals surface area (Å²) in [5.74, 6) is -3.14. The molecular weight excluding hydrogens is 727 g/mol.